The van der Waals surface area contributed by atoms with Crippen LogP contribution in [0.3, 0.4) is 0 Å². The van der Waals surface area contributed by atoms with E-state index in [0.29, 0.717) is 0 Å². The highest BCUT2D eigenvalue weighted by atomic mass is 32.2. The molecule has 0 N–H and O–H groups in total. The van der Waals surface area contributed by atoms with E-state index < -0.39 is 0 Å². The molecular weight excluding hydrogens is 204 g/mol. The summed E-state index contributed by atoms with van der Waals surface area (Å²) < 4.78 is 0. The Morgan fingerprint density at radius 2 is 2.00 bits per heavy atom. The van der Waals surface area contributed by atoms with Gasteiger partial charge in [-0.1, -0.05) is 6.42 Å². The number of nitrogens with zero attached hydrogens (tertiary/aromatic N) is 2. The van der Waals surface area contributed by atoms with E-state index in [0.717, 1.165) is 6.04 Å². The molecule has 0 radical (unpaired) electrons. The molecule has 0 aromatic carbocycles. The Balaban J connectivity index is 1.84. The molecule has 1 atom stereocenters. The van der Waals surface area contributed by atoms with Gasteiger partial charge in [0, 0.05) is 24.9 Å². The maximum absolute atomic E-state index is 2.74. The molecule has 0 amide bonds. The third-order valence-corrected chi connectivity index (χ3v) is 4.34. The Morgan fingerprint density at radius 3 is 2.87 bits per heavy atom. The maximum Gasteiger partial charge on any atom is 0.0223 e. The van der Waals surface area contributed by atoms with Crippen LogP contribution in [0.5, 0.6) is 0 Å². The molecule has 2 aliphatic rings. The van der Waals surface area contributed by atoms with Gasteiger partial charge in [0.2, 0.25) is 0 Å². The summed E-state index contributed by atoms with van der Waals surface area (Å²) in [5.41, 5.74) is 0. The quantitative estimate of drug-likeness (QED) is 0.728. The smallest absolute Gasteiger partial charge is 0.0223 e. The van der Waals surface area contributed by atoms with Gasteiger partial charge in [0.15, 0.2) is 0 Å². The summed E-state index contributed by atoms with van der Waals surface area (Å²) in [6.45, 7) is 6.67. The number of rotatable bonds is 3. The average molecular weight is 228 g/mol. The van der Waals surface area contributed by atoms with Crippen LogP contribution in [0.15, 0.2) is 0 Å². The standard InChI is InChI=1S/C12H24N2S/c1-15-10-9-13-6-4-8-14-7-3-2-5-12(14)11-13/h12H,2-11H2,1H3. The molecule has 2 saturated heterocycles. The molecule has 2 aliphatic heterocycles. The molecule has 0 bridgehead atoms. The lowest BCUT2D eigenvalue weighted by atomic mass is 10.0. The van der Waals surface area contributed by atoms with Crippen molar-refractivity contribution in [2.24, 2.45) is 0 Å². The van der Waals surface area contributed by atoms with Crippen LogP contribution < -0.4 is 0 Å². The fourth-order valence-electron chi connectivity index (χ4n) is 2.87. The van der Waals surface area contributed by atoms with Gasteiger partial charge in [0.25, 0.3) is 0 Å². The van der Waals surface area contributed by atoms with E-state index in [4.69, 9.17) is 0 Å². The Hall–Kier alpha value is 0.270. The number of piperidine rings is 1. The van der Waals surface area contributed by atoms with Crippen molar-refractivity contribution in [2.75, 3.05) is 44.7 Å². The lowest BCUT2D eigenvalue weighted by molar-refractivity contribution is 0.139. The van der Waals surface area contributed by atoms with Crippen LogP contribution in [0.25, 0.3) is 0 Å². The van der Waals surface area contributed by atoms with E-state index in [1.807, 2.05) is 11.8 Å². The molecular formula is C12H24N2S. The number of fused-ring (bicyclic) bond motifs is 1. The largest absolute Gasteiger partial charge is 0.301 e. The molecule has 2 fully saturated rings. The van der Waals surface area contributed by atoms with E-state index in [1.165, 1.54) is 64.2 Å². The highest BCUT2D eigenvalue weighted by Gasteiger charge is 2.26. The number of thioether (sulfide) groups is 1. The summed E-state index contributed by atoms with van der Waals surface area (Å²) in [6.07, 6.45) is 7.92. The molecule has 0 aromatic rings. The fraction of sp³-hybridized carbons (Fsp3) is 1.00. The first kappa shape index (κ1) is 11.7. The minimum atomic E-state index is 0.878. The van der Waals surface area contributed by atoms with Crippen LogP contribution in [0.1, 0.15) is 25.7 Å². The molecule has 2 heterocycles. The number of hydrogen-bond acceptors (Lipinski definition) is 3. The monoisotopic (exact) mass is 228 g/mol. The highest BCUT2D eigenvalue weighted by Crippen LogP contribution is 2.20. The summed E-state index contributed by atoms with van der Waals surface area (Å²) in [5, 5.41) is 0. The third-order valence-electron chi connectivity index (χ3n) is 3.75. The van der Waals surface area contributed by atoms with Gasteiger partial charge in [0.05, 0.1) is 0 Å². The zero-order chi connectivity index (χ0) is 10.5. The van der Waals surface area contributed by atoms with Crippen LogP contribution in [-0.2, 0) is 0 Å². The van der Waals surface area contributed by atoms with Crippen molar-refractivity contribution in [1.82, 2.24) is 9.80 Å². The first-order valence-electron chi connectivity index (χ1n) is 6.35. The summed E-state index contributed by atoms with van der Waals surface area (Å²) >= 11 is 1.98. The van der Waals surface area contributed by atoms with Gasteiger partial charge in [-0.05, 0) is 45.2 Å². The van der Waals surface area contributed by atoms with Crippen LogP contribution >= 0.6 is 11.8 Å². The minimum Gasteiger partial charge on any atom is -0.301 e. The Bertz CT molecular complexity index is 186. The molecule has 88 valence electrons. The third kappa shape index (κ3) is 3.36. The second-order valence-corrected chi connectivity index (χ2v) is 5.82. The second kappa shape index (κ2) is 6.12. The first-order chi connectivity index (χ1) is 7.40. The van der Waals surface area contributed by atoms with Crippen LogP contribution in [0, 0.1) is 0 Å². The molecule has 2 rings (SSSR count). The van der Waals surface area contributed by atoms with E-state index in [9.17, 15) is 0 Å². The van der Waals surface area contributed by atoms with E-state index >= 15 is 0 Å². The molecule has 0 aromatic heterocycles. The lowest BCUT2D eigenvalue weighted by Gasteiger charge is -2.35. The van der Waals surface area contributed by atoms with Crippen molar-refractivity contribution in [3.8, 4) is 0 Å². The molecule has 2 nitrogen and oxygen atoms in total. The van der Waals surface area contributed by atoms with Crippen molar-refractivity contribution in [2.45, 2.75) is 31.7 Å². The summed E-state index contributed by atoms with van der Waals surface area (Å²) in [4.78, 5) is 5.43. The van der Waals surface area contributed by atoms with Crippen molar-refractivity contribution in [1.29, 1.82) is 0 Å². The molecule has 0 saturated carbocycles. The van der Waals surface area contributed by atoms with Gasteiger partial charge < -0.3 is 4.90 Å². The lowest BCUT2D eigenvalue weighted by Crippen LogP contribution is -2.44. The van der Waals surface area contributed by atoms with E-state index in [1.54, 1.807) is 0 Å². The summed E-state index contributed by atoms with van der Waals surface area (Å²) in [5.74, 6) is 1.30. The van der Waals surface area contributed by atoms with Crippen molar-refractivity contribution < 1.29 is 0 Å². The van der Waals surface area contributed by atoms with Crippen molar-refractivity contribution in [3.05, 3.63) is 0 Å². The maximum atomic E-state index is 2.74. The van der Waals surface area contributed by atoms with Crippen molar-refractivity contribution in [3.63, 3.8) is 0 Å². The summed E-state index contributed by atoms with van der Waals surface area (Å²) in [6, 6.07) is 0.878. The van der Waals surface area contributed by atoms with Gasteiger partial charge in [-0.2, -0.15) is 11.8 Å². The average Bonchev–Trinajstić information content (AvgIpc) is 2.47. The summed E-state index contributed by atoms with van der Waals surface area (Å²) in [7, 11) is 0. The molecule has 3 heteroatoms. The van der Waals surface area contributed by atoms with E-state index in [-0.39, 0.29) is 0 Å². The fourth-order valence-corrected chi connectivity index (χ4v) is 3.31. The first-order valence-corrected chi connectivity index (χ1v) is 7.75. The van der Waals surface area contributed by atoms with Gasteiger partial charge in [-0.15, -0.1) is 0 Å². The van der Waals surface area contributed by atoms with E-state index in [2.05, 4.69) is 16.1 Å². The van der Waals surface area contributed by atoms with Crippen LogP contribution in [0.4, 0.5) is 0 Å². The zero-order valence-electron chi connectivity index (χ0n) is 9.95. The molecule has 0 spiro atoms. The predicted octanol–water partition coefficient (Wildman–Crippen LogP) is 1.91. The molecule has 15 heavy (non-hydrogen) atoms. The Morgan fingerprint density at radius 1 is 1.13 bits per heavy atom. The SMILES string of the molecule is CSCCN1CCCN2CCCCC2C1. The minimum absolute atomic E-state index is 0.878. The number of hydrogen-bond donors (Lipinski definition) is 0. The van der Waals surface area contributed by atoms with Gasteiger partial charge in [-0.25, -0.2) is 0 Å². The predicted molar refractivity (Wildman–Crippen MR) is 68.7 cm³/mol. The second-order valence-electron chi connectivity index (χ2n) is 4.83. The topological polar surface area (TPSA) is 6.48 Å². The Kier molecular flexibility index (Phi) is 4.79. The zero-order valence-corrected chi connectivity index (χ0v) is 10.8. The molecule has 1 unspecified atom stereocenters. The van der Waals surface area contributed by atoms with Gasteiger partial charge in [0.1, 0.15) is 0 Å². The van der Waals surface area contributed by atoms with Crippen LogP contribution in [0.2, 0.25) is 0 Å². The van der Waals surface area contributed by atoms with Gasteiger partial charge >= 0.3 is 0 Å². The van der Waals surface area contributed by atoms with Gasteiger partial charge in [-0.3, -0.25) is 4.90 Å². The normalized spacial score (nSPS) is 29.8. The van der Waals surface area contributed by atoms with Crippen molar-refractivity contribution >= 4 is 11.8 Å². The van der Waals surface area contributed by atoms with Crippen LogP contribution in [-0.4, -0.2) is 60.6 Å². The molecule has 0 aliphatic carbocycles. The highest BCUT2D eigenvalue weighted by molar-refractivity contribution is 7.98. The Labute approximate surface area is 98.4 Å².